The molecular weight excluding hydrogens is 405 g/mol. The van der Waals surface area contributed by atoms with Crippen molar-refractivity contribution in [2.75, 3.05) is 18.5 Å². The van der Waals surface area contributed by atoms with Gasteiger partial charge in [0.2, 0.25) is 0 Å². The topological polar surface area (TPSA) is 102 Å². The van der Waals surface area contributed by atoms with E-state index in [1.165, 1.54) is 48.5 Å². The molecule has 0 spiro atoms. The van der Waals surface area contributed by atoms with Crippen LogP contribution in [-0.2, 0) is 14.3 Å². The average molecular weight is 427 g/mol. The molecule has 162 valence electrons. The van der Waals surface area contributed by atoms with Gasteiger partial charge >= 0.3 is 0 Å². The second-order valence-corrected chi connectivity index (χ2v) is 7.22. The molecule has 8 nitrogen and oxygen atoms in total. The van der Waals surface area contributed by atoms with E-state index in [4.69, 9.17) is 4.74 Å². The highest BCUT2D eigenvalue weighted by molar-refractivity contribution is 6.36. The summed E-state index contributed by atoms with van der Waals surface area (Å²) in [5.41, 5.74) is 0.817. The molecule has 0 bridgehead atoms. The molecule has 2 aromatic carbocycles. The molecular formula is C22H22FN3O5. The molecule has 0 fully saturated rings. The number of carbonyl (C=O) groups excluding carboxylic acids is 2. The van der Waals surface area contributed by atoms with Crippen LogP contribution < -0.4 is 5.32 Å². The van der Waals surface area contributed by atoms with Crippen molar-refractivity contribution >= 4 is 28.8 Å². The van der Waals surface area contributed by atoms with Gasteiger partial charge in [0.1, 0.15) is 11.5 Å². The van der Waals surface area contributed by atoms with Crippen LogP contribution in [0.5, 0.6) is 0 Å². The number of nitrogens with zero attached hydrogens (tertiary/aromatic N) is 2. The van der Waals surface area contributed by atoms with E-state index in [1.54, 1.807) is 0 Å². The fourth-order valence-corrected chi connectivity index (χ4v) is 3.13. The summed E-state index contributed by atoms with van der Waals surface area (Å²) in [4.78, 5) is 37.6. The van der Waals surface area contributed by atoms with Gasteiger partial charge in [0, 0.05) is 31.0 Å². The van der Waals surface area contributed by atoms with Gasteiger partial charge in [0.25, 0.3) is 17.5 Å². The van der Waals surface area contributed by atoms with E-state index in [1.807, 2.05) is 13.8 Å². The minimum absolute atomic E-state index is 0.0366. The Morgan fingerprint density at radius 3 is 2.29 bits per heavy atom. The normalized spacial score (nSPS) is 14.0. The van der Waals surface area contributed by atoms with E-state index in [9.17, 15) is 24.1 Å². The highest BCUT2D eigenvalue weighted by Crippen LogP contribution is 2.31. The largest absolute Gasteiger partial charge is 0.379 e. The molecule has 1 aliphatic rings. The van der Waals surface area contributed by atoms with Gasteiger partial charge in [-0.15, -0.1) is 0 Å². The average Bonchev–Trinajstić information content (AvgIpc) is 2.96. The first-order chi connectivity index (χ1) is 14.8. The van der Waals surface area contributed by atoms with Crippen molar-refractivity contribution in [3.8, 4) is 0 Å². The van der Waals surface area contributed by atoms with Crippen LogP contribution in [0.1, 0.15) is 25.8 Å². The van der Waals surface area contributed by atoms with Crippen molar-refractivity contribution in [1.29, 1.82) is 0 Å². The standard InChI is InChI=1S/C22H22FN3O5/c1-14(2)31-13-3-12-25-21(27)19(15-4-10-18(11-5-15)26(29)30)20(22(25)28)24-17-8-6-16(23)7-9-17/h4-11,14,24H,3,12-13H2,1-2H3. The Balaban J connectivity index is 1.91. The molecule has 3 rings (SSSR count). The van der Waals surface area contributed by atoms with Gasteiger partial charge in [-0.2, -0.15) is 0 Å². The Labute approximate surface area is 178 Å². The van der Waals surface area contributed by atoms with Crippen LogP contribution in [0.3, 0.4) is 0 Å². The van der Waals surface area contributed by atoms with Crippen LogP contribution in [0, 0.1) is 15.9 Å². The summed E-state index contributed by atoms with van der Waals surface area (Å²) in [6.07, 6.45) is 0.502. The van der Waals surface area contributed by atoms with Crippen LogP contribution in [-0.4, -0.2) is 40.9 Å². The minimum Gasteiger partial charge on any atom is -0.379 e. The van der Waals surface area contributed by atoms with Gasteiger partial charge in [0.05, 0.1) is 16.6 Å². The Morgan fingerprint density at radius 2 is 1.71 bits per heavy atom. The van der Waals surface area contributed by atoms with E-state index in [2.05, 4.69) is 5.32 Å². The number of imide groups is 1. The highest BCUT2D eigenvalue weighted by atomic mass is 19.1. The predicted octanol–water partition coefficient (Wildman–Crippen LogP) is 3.74. The van der Waals surface area contributed by atoms with Gasteiger partial charge in [-0.3, -0.25) is 24.6 Å². The summed E-state index contributed by atoms with van der Waals surface area (Å²) < 4.78 is 18.7. The van der Waals surface area contributed by atoms with Gasteiger partial charge in [0.15, 0.2) is 0 Å². The molecule has 0 saturated heterocycles. The van der Waals surface area contributed by atoms with E-state index in [0.717, 1.165) is 4.90 Å². The fourth-order valence-electron chi connectivity index (χ4n) is 3.13. The quantitative estimate of drug-likeness (QED) is 0.283. The smallest absolute Gasteiger partial charge is 0.278 e. The summed E-state index contributed by atoms with van der Waals surface area (Å²) >= 11 is 0. The number of carbonyl (C=O) groups is 2. The second-order valence-electron chi connectivity index (χ2n) is 7.22. The number of nitrogens with one attached hydrogen (secondary N) is 1. The number of benzene rings is 2. The van der Waals surface area contributed by atoms with Crippen LogP contribution in [0.25, 0.3) is 5.57 Å². The molecule has 0 aromatic heterocycles. The number of anilines is 1. The van der Waals surface area contributed by atoms with Crippen molar-refractivity contribution in [3.05, 3.63) is 75.7 Å². The molecule has 0 radical (unpaired) electrons. The summed E-state index contributed by atoms with van der Waals surface area (Å²) in [6, 6.07) is 10.8. The number of halogens is 1. The van der Waals surface area contributed by atoms with Gasteiger partial charge in [-0.05, 0) is 62.2 Å². The van der Waals surface area contributed by atoms with Crippen LogP contribution in [0.15, 0.2) is 54.2 Å². The van der Waals surface area contributed by atoms with Crippen molar-refractivity contribution < 1.29 is 23.6 Å². The lowest BCUT2D eigenvalue weighted by molar-refractivity contribution is -0.384. The van der Waals surface area contributed by atoms with Gasteiger partial charge in [-0.25, -0.2) is 4.39 Å². The van der Waals surface area contributed by atoms with Gasteiger partial charge in [-0.1, -0.05) is 0 Å². The minimum atomic E-state index is -0.543. The SMILES string of the molecule is CC(C)OCCCN1C(=O)C(Nc2ccc(F)cc2)=C(c2ccc([N+](=O)[O-])cc2)C1=O. The van der Waals surface area contributed by atoms with Crippen LogP contribution >= 0.6 is 0 Å². The lowest BCUT2D eigenvalue weighted by Crippen LogP contribution is -2.34. The van der Waals surface area contributed by atoms with E-state index < -0.39 is 22.6 Å². The zero-order valence-electron chi connectivity index (χ0n) is 17.1. The Kier molecular flexibility index (Phi) is 6.76. The molecule has 9 heteroatoms. The molecule has 0 unspecified atom stereocenters. The molecule has 1 aliphatic heterocycles. The third-order valence-corrected chi connectivity index (χ3v) is 4.63. The first-order valence-electron chi connectivity index (χ1n) is 9.77. The molecule has 31 heavy (non-hydrogen) atoms. The highest BCUT2D eigenvalue weighted by Gasteiger charge is 2.39. The lowest BCUT2D eigenvalue weighted by Gasteiger charge is -2.16. The van der Waals surface area contributed by atoms with Crippen LogP contribution in [0.2, 0.25) is 0 Å². The number of nitro groups is 1. The maximum Gasteiger partial charge on any atom is 0.278 e. The third kappa shape index (κ3) is 5.13. The summed E-state index contributed by atoms with van der Waals surface area (Å²) in [5.74, 6) is -1.46. The molecule has 1 heterocycles. The van der Waals surface area contributed by atoms with Crippen molar-refractivity contribution in [2.45, 2.75) is 26.4 Å². The number of nitro benzene ring substituents is 1. The van der Waals surface area contributed by atoms with E-state index in [0.29, 0.717) is 24.3 Å². The number of non-ortho nitro benzene ring substituents is 1. The van der Waals surface area contributed by atoms with Crippen molar-refractivity contribution in [3.63, 3.8) is 0 Å². The lowest BCUT2D eigenvalue weighted by atomic mass is 10.0. The zero-order chi connectivity index (χ0) is 22.5. The number of amides is 2. The van der Waals surface area contributed by atoms with E-state index in [-0.39, 0.29) is 29.6 Å². The summed E-state index contributed by atoms with van der Waals surface area (Å²) in [6.45, 7) is 4.34. The third-order valence-electron chi connectivity index (χ3n) is 4.63. The zero-order valence-corrected chi connectivity index (χ0v) is 17.1. The van der Waals surface area contributed by atoms with E-state index >= 15 is 0 Å². The maximum absolute atomic E-state index is 13.2. The van der Waals surface area contributed by atoms with Crippen molar-refractivity contribution in [1.82, 2.24) is 4.90 Å². The summed E-state index contributed by atoms with van der Waals surface area (Å²) in [5, 5.41) is 13.8. The molecule has 0 aliphatic carbocycles. The maximum atomic E-state index is 13.2. The molecule has 0 atom stereocenters. The molecule has 2 amide bonds. The second kappa shape index (κ2) is 9.48. The molecule has 1 N–H and O–H groups in total. The monoisotopic (exact) mass is 427 g/mol. The van der Waals surface area contributed by atoms with Gasteiger partial charge < -0.3 is 10.1 Å². The van der Waals surface area contributed by atoms with Crippen molar-refractivity contribution in [2.24, 2.45) is 0 Å². The Bertz CT molecular complexity index is 1020. The number of hydrogen-bond acceptors (Lipinski definition) is 6. The van der Waals surface area contributed by atoms with Crippen LogP contribution in [0.4, 0.5) is 15.8 Å². The number of ether oxygens (including phenoxy) is 1. The predicted molar refractivity (Wildman–Crippen MR) is 112 cm³/mol. The Morgan fingerprint density at radius 1 is 1.06 bits per heavy atom. The molecule has 0 saturated carbocycles. The first-order valence-corrected chi connectivity index (χ1v) is 9.77. The number of rotatable bonds is 9. The first kappa shape index (κ1) is 22.1. The molecule has 2 aromatic rings. The Hall–Kier alpha value is -3.59. The fraction of sp³-hybridized carbons (Fsp3) is 0.273. The number of hydrogen-bond donors (Lipinski definition) is 1. The summed E-state index contributed by atoms with van der Waals surface area (Å²) in [7, 11) is 0.